The molecule has 9 aromatic carbocycles. The minimum atomic E-state index is -3.13. The monoisotopic (exact) mass is 789 g/mol. The summed E-state index contributed by atoms with van der Waals surface area (Å²) in [6.45, 7) is 0. The molecule has 58 heavy (non-hydrogen) atoms. The fourth-order valence-electron chi connectivity index (χ4n) is 8.73. The lowest BCUT2D eigenvalue weighted by molar-refractivity contribution is 1.18. The van der Waals surface area contributed by atoms with E-state index in [1.165, 1.54) is 4.57 Å². The molecule has 0 bridgehead atoms. The van der Waals surface area contributed by atoms with Crippen LogP contribution < -0.4 is 20.7 Å². The van der Waals surface area contributed by atoms with Gasteiger partial charge in [-0.2, -0.15) is 0 Å². The highest BCUT2D eigenvalue weighted by atomic mass is 32.1. The number of fused-ring (bicyclic) bond motifs is 10. The van der Waals surface area contributed by atoms with E-state index in [1.54, 1.807) is 4.57 Å². The normalized spacial score (nSPS) is 16.2. The van der Waals surface area contributed by atoms with Crippen LogP contribution in [0.5, 0.6) is 0 Å². The first-order chi connectivity index (χ1) is 35.9. The molecule has 0 aliphatic heterocycles. The first kappa shape index (κ1) is 20.4. The Morgan fingerprint density at radius 3 is 1.38 bits per heavy atom. The fourth-order valence-corrected chi connectivity index (χ4v) is 14.6. The maximum Gasteiger partial charge on any atom is 0.179 e. The summed E-state index contributed by atoms with van der Waals surface area (Å²) in [7, 11) is -3.13. The van der Waals surface area contributed by atoms with Crippen LogP contribution in [0.15, 0.2) is 218 Å². The van der Waals surface area contributed by atoms with Gasteiger partial charge in [0.1, 0.15) is 0 Å². The third-order valence-corrected chi connectivity index (χ3v) is 17.0. The summed E-state index contributed by atoms with van der Waals surface area (Å²) in [5.41, 5.74) is -0.505. The zero-order chi connectivity index (χ0) is 53.0. The van der Waals surface area contributed by atoms with Gasteiger partial charge < -0.3 is 9.13 Å². The molecular weight excluding hydrogens is 737 g/mol. The second-order valence-corrected chi connectivity index (χ2v) is 18.8. The summed E-state index contributed by atoms with van der Waals surface area (Å²) in [6.07, 6.45) is 0. The average Bonchev–Trinajstić information content (AvgIpc) is 4.12. The van der Waals surface area contributed by atoms with Gasteiger partial charge >= 0.3 is 0 Å². The molecule has 0 saturated heterocycles. The molecule has 12 rings (SSSR count). The van der Waals surface area contributed by atoms with E-state index in [2.05, 4.69) is 36.4 Å². The van der Waals surface area contributed by atoms with Crippen molar-refractivity contribution in [3.05, 3.63) is 218 Å². The van der Waals surface area contributed by atoms with Crippen LogP contribution in [0, 0.1) is 0 Å². The second-order valence-electron chi connectivity index (χ2n) is 13.9. The van der Waals surface area contributed by atoms with Gasteiger partial charge in [-0.15, -0.1) is 11.3 Å². The van der Waals surface area contributed by atoms with Gasteiger partial charge in [-0.1, -0.05) is 176 Å². The molecule has 0 saturated carbocycles. The predicted octanol–water partition coefficient (Wildman–Crippen LogP) is 11.6. The first-order valence-electron chi connectivity index (χ1n) is 27.1. The first-order valence-corrected chi connectivity index (χ1v) is 21.4. The minimum absolute atomic E-state index is 0.0183. The van der Waals surface area contributed by atoms with Crippen molar-refractivity contribution in [2.45, 2.75) is 0 Å². The van der Waals surface area contributed by atoms with Crippen LogP contribution in [0.3, 0.4) is 0 Å². The quantitative estimate of drug-likeness (QED) is 0.117. The highest BCUT2D eigenvalue weighted by Gasteiger charge is 2.41. The van der Waals surface area contributed by atoms with Gasteiger partial charge in [0.15, 0.2) is 8.07 Å². The van der Waals surface area contributed by atoms with Crippen molar-refractivity contribution in [3.8, 4) is 11.4 Å². The Morgan fingerprint density at radius 1 is 0.414 bits per heavy atom. The molecule has 0 unspecified atom stereocenters. The van der Waals surface area contributed by atoms with Crippen molar-refractivity contribution in [1.29, 1.82) is 0 Å². The SMILES string of the molecule is [2H]c1c([2H])c([2H])c2c(sc3c(-n4c5c([2H])c([2H])c([2H])c([2H])c5c5c([2H])c([2H])c([2H])c([2H])c54)c([2H])c4c5c([2H])c([2H])c([2H])c([2H])c5n(-c5ccc([Si](c6ccccc6)(c6ccccc6)c6ccccc6)cc5)c4c32)c1[2H]. The molecule has 272 valence electrons. The van der Waals surface area contributed by atoms with Crippen molar-refractivity contribution in [2.24, 2.45) is 0 Å². The van der Waals surface area contributed by atoms with Crippen LogP contribution in [0.1, 0.15) is 23.3 Å². The molecule has 0 aliphatic rings. The summed E-state index contributed by atoms with van der Waals surface area (Å²) in [5, 5.41) is 3.47. The highest BCUT2D eigenvalue weighted by molar-refractivity contribution is 7.26. The lowest BCUT2D eigenvalue weighted by Gasteiger charge is -2.34. The van der Waals surface area contributed by atoms with E-state index in [0.29, 0.717) is 5.69 Å². The molecule has 0 aliphatic carbocycles. The van der Waals surface area contributed by atoms with Gasteiger partial charge in [0, 0.05) is 42.7 Å². The van der Waals surface area contributed by atoms with Gasteiger partial charge in [0.25, 0.3) is 0 Å². The van der Waals surface area contributed by atoms with E-state index >= 15 is 0 Å². The number of hydrogen-bond donors (Lipinski definition) is 0. The van der Waals surface area contributed by atoms with Gasteiger partial charge in [-0.3, -0.25) is 0 Å². The molecule has 0 amide bonds. The molecule has 0 spiro atoms. The van der Waals surface area contributed by atoms with E-state index in [-0.39, 0.29) is 69.5 Å². The van der Waals surface area contributed by atoms with Crippen LogP contribution in [-0.2, 0) is 0 Å². The van der Waals surface area contributed by atoms with Crippen molar-refractivity contribution < 1.29 is 23.3 Å². The number of thiophene rings is 1. The lowest BCUT2D eigenvalue weighted by atomic mass is 10.1. The van der Waals surface area contributed by atoms with Gasteiger partial charge in [-0.25, -0.2) is 0 Å². The maximum absolute atomic E-state index is 10.5. The van der Waals surface area contributed by atoms with Crippen LogP contribution in [0.25, 0.3) is 75.2 Å². The summed E-state index contributed by atoms with van der Waals surface area (Å²) in [4.78, 5) is 0. The molecule has 0 atom stereocenters. The van der Waals surface area contributed by atoms with E-state index in [4.69, 9.17) is 13.7 Å². The zero-order valence-corrected chi connectivity index (χ0v) is 32.1. The topological polar surface area (TPSA) is 9.86 Å². The molecular formula is C54H36N2SSi. The van der Waals surface area contributed by atoms with Crippen LogP contribution in [0.4, 0.5) is 0 Å². The third-order valence-electron chi connectivity index (χ3n) is 11.1. The van der Waals surface area contributed by atoms with Gasteiger partial charge in [-0.05, 0) is 63.1 Å². The summed E-state index contributed by atoms with van der Waals surface area (Å²) < 4.78 is 159. The Bertz CT molecular complexity index is 4310. The summed E-state index contributed by atoms with van der Waals surface area (Å²) in [6, 6.07) is 28.1. The highest BCUT2D eigenvalue weighted by Crippen LogP contribution is 2.47. The molecule has 2 nitrogen and oxygen atoms in total. The molecule has 4 heteroatoms. The third kappa shape index (κ3) is 4.70. The Balaban J connectivity index is 1.32. The maximum atomic E-state index is 10.5. The number of aromatic nitrogens is 2. The molecule has 0 fully saturated rings. The van der Waals surface area contributed by atoms with E-state index in [9.17, 15) is 9.60 Å². The zero-order valence-electron chi connectivity index (χ0n) is 47.3. The van der Waals surface area contributed by atoms with Crippen LogP contribution >= 0.6 is 11.3 Å². The van der Waals surface area contributed by atoms with Gasteiger partial charge in [0.2, 0.25) is 0 Å². The standard InChI is InChI=1S/C54H36N2SSi/c1-4-18-38(19-5-1)58(39-20-6-2-7-21-39,40-22-8-3-9-23-40)41-34-32-37(33-35-41)55-47-28-14-12-26-44(47)46-36-50(54-52(53(46)55)45-27-13-17-31-51(45)57-54)56-48-29-15-10-24-42(48)43-25-11-16-30-49(43)56/h1-36H/i10D,11D,12D,13D,14D,15D,16D,17D,24D,25D,26D,27D,28D,29D,30D,31D,36D. The molecule has 0 radical (unpaired) electrons. The number of hydrogen-bond acceptors (Lipinski definition) is 1. The Kier molecular flexibility index (Phi) is 4.59. The summed E-state index contributed by atoms with van der Waals surface area (Å²) in [5.74, 6) is 0. The Morgan fingerprint density at radius 2 is 0.845 bits per heavy atom. The number of para-hydroxylation sites is 3. The molecule has 3 heterocycles. The lowest BCUT2D eigenvalue weighted by Crippen LogP contribution is -2.74. The minimum Gasteiger partial charge on any atom is -0.309 e. The van der Waals surface area contributed by atoms with Crippen molar-refractivity contribution in [1.82, 2.24) is 9.13 Å². The van der Waals surface area contributed by atoms with E-state index in [0.717, 1.165) is 32.1 Å². The van der Waals surface area contributed by atoms with Crippen molar-refractivity contribution >= 4 is 104 Å². The van der Waals surface area contributed by atoms with Crippen LogP contribution in [-0.4, -0.2) is 17.2 Å². The van der Waals surface area contributed by atoms with E-state index < -0.39 is 111 Å². The summed E-state index contributed by atoms with van der Waals surface area (Å²) >= 11 is 0.847. The number of benzene rings is 9. The number of rotatable bonds is 6. The average molecular weight is 790 g/mol. The Hall–Kier alpha value is -6.98. The smallest absolute Gasteiger partial charge is 0.179 e. The number of nitrogens with zero attached hydrogens (tertiary/aromatic N) is 2. The molecule has 3 aromatic heterocycles. The van der Waals surface area contributed by atoms with Gasteiger partial charge in [0.05, 0.1) is 55.8 Å². The largest absolute Gasteiger partial charge is 0.309 e. The van der Waals surface area contributed by atoms with E-state index in [1.807, 2.05) is 78.9 Å². The fraction of sp³-hybridized carbons (Fsp3) is 0. The van der Waals surface area contributed by atoms with Crippen molar-refractivity contribution in [3.63, 3.8) is 0 Å². The second kappa shape index (κ2) is 13.0. The molecule has 12 aromatic rings. The molecule has 0 N–H and O–H groups in total. The van der Waals surface area contributed by atoms with Crippen molar-refractivity contribution in [2.75, 3.05) is 0 Å². The Labute approximate surface area is 365 Å². The van der Waals surface area contributed by atoms with Crippen LogP contribution in [0.2, 0.25) is 0 Å². The predicted molar refractivity (Wildman–Crippen MR) is 252 cm³/mol.